The van der Waals surface area contributed by atoms with Crippen LogP contribution in [0.4, 0.5) is 4.79 Å². The van der Waals surface area contributed by atoms with Crippen LogP contribution in [0.2, 0.25) is 0 Å². The molecule has 4 saturated carbocycles. The van der Waals surface area contributed by atoms with Crippen molar-refractivity contribution in [2.45, 2.75) is 57.9 Å². The van der Waals surface area contributed by atoms with Gasteiger partial charge in [-0.3, -0.25) is 10.1 Å². The van der Waals surface area contributed by atoms with Gasteiger partial charge >= 0.3 is 12.0 Å². The number of pyridine rings is 1. The van der Waals surface area contributed by atoms with Gasteiger partial charge in [-0.2, -0.15) is 5.10 Å². The molecule has 3 amide bonds. The lowest BCUT2D eigenvalue weighted by Gasteiger charge is -2.56. The highest BCUT2D eigenvalue weighted by Crippen LogP contribution is 2.55. The normalized spacial score (nSPS) is 27.3. The van der Waals surface area contributed by atoms with Gasteiger partial charge in [0.1, 0.15) is 0 Å². The molecule has 4 fully saturated rings. The predicted molar refractivity (Wildman–Crippen MR) is 119 cm³/mol. The fraction of sp³-hybridized carbons (Fsp3) is 0.542. The maximum Gasteiger partial charge on any atom is 0.340 e. The van der Waals surface area contributed by atoms with Gasteiger partial charge in [-0.15, -0.1) is 0 Å². The van der Waals surface area contributed by atoms with E-state index in [2.05, 4.69) is 20.7 Å². The van der Waals surface area contributed by atoms with Crippen molar-refractivity contribution >= 4 is 17.9 Å². The SMILES string of the molecule is Cc1cc(C)n(-c2ccc(C(=O)OCC(=O)NC(=O)NC34CC5CC(CC(C5)C3)C4)cn2)n1. The molecule has 2 aromatic heterocycles. The number of urea groups is 1. The van der Waals surface area contributed by atoms with Gasteiger partial charge in [-0.25, -0.2) is 19.3 Å². The second-order valence-electron chi connectivity index (χ2n) is 10.0. The third kappa shape index (κ3) is 4.49. The molecule has 9 nitrogen and oxygen atoms in total. The Hall–Kier alpha value is -3.23. The Labute approximate surface area is 192 Å². The lowest BCUT2D eigenvalue weighted by atomic mass is 9.53. The maximum atomic E-state index is 12.5. The third-order valence-corrected chi connectivity index (χ3v) is 7.21. The molecular weight excluding hydrogens is 422 g/mol. The minimum absolute atomic E-state index is 0.186. The van der Waals surface area contributed by atoms with E-state index in [9.17, 15) is 14.4 Å². The van der Waals surface area contributed by atoms with Crippen molar-refractivity contribution in [1.82, 2.24) is 25.4 Å². The summed E-state index contributed by atoms with van der Waals surface area (Å²) in [5, 5.41) is 9.74. The molecule has 9 heteroatoms. The topological polar surface area (TPSA) is 115 Å². The Morgan fingerprint density at radius 1 is 1.09 bits per heavy atom. The molecule has 4 aliphatic carbocycles. The summed E-state index contributed by atoms with van der Waals surface area (Å²) in [7, 11) is 0. The lowest BCUT2D eigenvalue weighted by Crippen LogP contribution is -2.62. The highest BCUT2D eigenvalue weighted by atomic mass is 16.5. The first-order valence-corrected chi connectivity index (χ1v) is 11.6. The molecule has 4 aliphatic rings. The smallest absolute Gasteiger partial charge is 0.340 e. The number of amides is 3. The largest absolute Gasteiger partial charge is 0.452 e. The van der Waals surface area contributed by atoms with E-state index in [0.717, 1.165) is 30.7 Å². The molecule has 0 spiro atoms. The van der Waals surface area contributed by atoms with Gasteiger partial charge in [0.2, 0.25) is 0 Å². The minimum atomic E-state index is -0.681. The van der Waals surface area contributed by atoms with E-state index in [0.29, 0.717) is 23.6 Å². The van der Waals surface area contributed by atoms with Gasteiger partial charge in [0, 0.05) is 17.4 Å². The van der Waals surface area contributed by atoms with Gasteiger partial charge in [0.15, 0.2) is 12.4 Å². The highest BCUT2D eigenvalue weighted by molar-refractivity contribution is 5.97. The molecule has 2 N–H and O–H groups in total. The van der Waals surface area contributed by atoms with E-state index in [1.54, 1.807) is 16.8 Å². The Bertz CT molecular complexity index is 1060. The van der Waals surface area contributed by atoms with Crippen LogP contribution in [-0.2, 0) is 9.53 Å². The van der Waals surface area contributed by atoms with Crippen LogP contribution in [0.25, 0.3) is 5.82 Å². The van der Waals surface area contributed by atoms with Gasteiger partial charge < -0.3 is 10.1 Å². The number of nitrogens with zero attached hydrogens (tertiary/aromatic N) is 3. The quantitative estimate of drug-likeness (QED) is 0.676. The number of hydrogen-bond acceptors (Lipinski definition) is 6. The van der Waals surface area contributed by atoms with Crippen LogP contribution in [0.1, 0.15) is 60.3 Å². The number of carbonyl (C=O) groups excluding carboxylic acids is 3. The molecule has 174 valence electrons. The van der Waals surface area contributed by atoms with Crippen molar-refractivity contribution in [3.8, 4) is 5.82 Å². The van der Waals surface area contributed by atoms with Gasteiger partial charge in [-0.1, -0.05) is 0 Å². The van der Waals surface area contributed by atoms with E-state index in [-0.39, 0.29) is 11.1 Å². The molecule has 0 radical (unpaired) electrons. The van der Waals surface area contributed by atoms with Crippen molar-refractivity contribution in [3.63, 3.8) is 0 Å². The zero-order valence-corrected chi connectivity index (χ0v) is 19.0. The fourth-order valence-electron chi connectivity index (χ4n) is 6.41. The van der Waals surface area contributed by atoms with Crippen LogP contribution in [0.3, 0.4) is 0 Å². The summed E-state index contributed by atoms with van der Waals surface area (Å²) in [5.41, 5.74) is 1.83. The molecular formula is C24H29N5O4. The van der Waals surface area contributed by atoms with Crippen molar-refractivity contribution in [2.24, 2.45) is 17.8 Å². The van der Waals surface area contributed by atoms with Crippen molar-refractivity contribution in [1.29, 1.82) is 0 Å². The summed E-state index contributed by atoms with van der Waals surface area (Å²) >= 11 is 0. The molecule has 6 rings (SSSR count). The van der Waals surface area contributed by atoms with Crippen molar-refractivity contribution < 1.29 is 19.1 Å². The number of rotatable bonds is 5. The van der Waals surface area contributed by atoms with Crippen LogP contribution in [-0.4, -0.2) is 44.8 Å². The Balaban J connectivity index is 1.11. The molecule has 2 heterocycles. The summed E-state index contributed by atoms with van der Waals surface area (Å²) in [6.45, 7) is 3.28. The van der Waals surface area contributed by atoms with E-state index in [4.69, 9.17) is 4.74 Å². The van der Waals surface area contributed by atoms with E-state index in [1.165, 1.54) is 25.5 Å². The zero-order chi connectivity index (χ0) is 23.2. The van der Waals surface area contributed by atoms with Crippen LogP contribution in [0.15, 0.2) is 24.4 Å². The molecule has 4 bridgehead atoms. The van der Waals surface area contributed by atoms with Crippen LogP contribution >= 0.6 is 0 Å². The third-order valence-electron chi connectivity index (χ3n) is 7.21. The molecule has 33 heavy (non-hydrogen) atoms. The van der Waals surface area contributed by atoms with Gasteiger partial charge in [0.05, 0.1) is 11.3 Å². The fourth-order valence-corrected chi connectivity index (χ4v) is 6.41. The number of esters is 1. The number of nitrogens with one attached hydrogen (secondary N) is 2. The summed E-state index contributed by atoms with van der Waals surface area (Å²) in [5.74, 6) is 1.31. The Kier molecular flexibility index (Phi) is 5.42. The van der Waals surface area contributed by atoms with E-state index < -0.39 is 24.5 Å². The molecule has 2 aromatic rings. The maximum absolute atomic E-state index is 12.5. The second-order valence-corrected chi connectivity index (χ2v) is 10.0. The van der Waals surface area contributed by atoms with E-state index >= 15 is 0 Å². The molecule has 0 aromatic carbocycles. The first-order chi connectivity index (χ1) is 15.8. The monoisotopic (exact) mass is 451 g/mol. The Morgan fingerprint density at radius 2 is 1.76 bits per heavy atom. The minimum Gasteiger partial charge on any atom is -0.452 e. The molecule has 0 saturated heterocycles. The number of carbonyl (C=O) groups is 3. The summed E-state index contributed by atoms with van der Waals surface area (Å²) in [6.07, 6.45) is 8.19. The van der Waals surface area contributed by atoms with Crippen LogP contribution in [0.5, 0.6) is 0 Å². The average molecular weight is 452 g/mol. The van der Waals surface area contributed by atoms with Gasteiger partial charge in [-0.05, 0) is 88.3 Å². The number of ether oxygens (including phenoxy) is 1. The second kappa shape index (κ2) is 8.28. The predicted octanol–water partition coefficient (Wildman–Crippen LogP) is 2.84. The van der Waals surface area contributed by atoms with Crippen molar-refractivity contribution in [3.05, 3.63) is 41.3 Å². The number of hydrogen-bond donors (Lipinski definition) is 2. The first-order valence-electron chi connectivity index (χ1n) is 11.6. The standard InChI is InChI=1S/C24H29N5O4/c1-14-5-15(2)29(28-14)20-4-3-19(12-25-20)22(31)33-13-21(30)26-23(32)27-24-9-16-6-17(10-24)8-18(7-16)11-24/h3-5,12,16-18H,6-11,13H2,1-2H3,(H2,26,27,30,32). The average Bonchev–Trinajstić information content (AvgIpc) is 3.08. The van der Waals surface area contributed by atoms with Crippen LogP contribution in [0, 0.1) is 31.6 Å². The summed E-state index contributed by atoms with van der Waals surface area (Å²) in [4.78, 5) is 41.2. The summed E-state index contributed by atoms with van der Waals surface area (Å²) in [6, 6.07) is 4.66. The first kappa shape index (κ1) is 21.6. The Morgan fingerprint density at radius 3 is 2.30 bits per heavy atom. The number of aromatic nitrogens is 3. The number of aryl methyl sites for hydroxylation is 2. The highest BCUT2D eigenvalue weighted by Gasteiger charge is 2.51. The molecule has 0 unspecified atom stereocenters. The lowest BCUT2D eigenvalue weighted by molar-refractivity contribution is -0.123. The van der Waals surface area contributed by atoms with Crippen molar-refractivity contribution in [2.75, 3.05) is 6.61 Å². The van der Waals surface area contributed by atoms with Crippen LogP contribution < -0.4 is 10.6 Å². The zero-order valence-electron chi connectivity index (χ0n) is 19.0. The summed E-state index contributed by atoms with van der Waals surface area (Å²) < 4.78 is 6.75. The number of imide groups is 1. The van der Waals surface area contributed by atoms with E-state index in [1.807, 2.05) is 19.9 Å². The molecule has 0 aliphatic heterocycles. The van der Waals surface area contributed by atoms with Gasteiger partial charge in [0.25, 0.3) is 5.91 Å². The molecule has 0 atom stereocenters.